The van der Waals surface area contributed by atoms with Gasteiger partial charge in [0.25, 0.3) is 0 Å². The van der Waals surface area contributed by atoms with Gasteiger partial charge in [-0.2, -0.15) is 0 Å². The first kappa shape index (κ1) is 14.6. The van der Waals surface area contributed by atoms with Crippen LogP contribution in [0.15, 0.2) is 30.3 Å². The SMILES string of the molecule is CCN(CC)C(=O)NC(C)CCc1ccccc1. The summed E-state index contributed by atoms with van der Waals surface area (Å²) >= 11 is 0. The maximum atomic E-state index is 11.8. The summed E-state index contributed by atoms with van der Waals surface area (Å²) in [6, 6.07) is 10.6. The van der Waals surface area contributed by atoms with Crippen LogP contribution in [0.3, 0.4) is 0 Å². The summed E-state index contributed by atoms with van der Waals surface area (Å²) < 4.78 is 0. The van der Waals surface area contributed by atoms with Crippen molar-refractivity contribution in [1.82, 2.24) is 10.2 Å². The number of carbonyl (C=O) groups is 1. The molecule has 0 radical (unpaired) electrons. The number of benzene rings is 1. The molecule has 1 aromatic rings. The minimum absolute atomic E-state index is 0.0422. The van der Waals surface area contributed by atoms with Crippen LogP contribution in [0.5, 0.6) is 0 Å². The number of amides is 2. The van der Waals surface area contributed by atoms with Gasteiger partial charge in [-0.1, -0.05) is 30.3 Å². The van der Waals surface area contributed by atoms with Crippen LogP contribution in [0.2, 0.25) is 0 Å². The van der Waals surface area contributed by atoms with Crippen molar-refractivity contribution >= 4 is 6.03 Å². The van der Waals surface area contributed by atoms with E-state index in [-0.39, 0.29) is 12.1 Å². The molecule has 0 fully saturated rings. The Kier molecular flexibility index (Phi) is 6.26. The van der Waals surface area contributed by atoms with E-state index in [2.05, 4.69) is 36.5 Å². The molecule has 0 aliphatic carbocycles. The lowest BCUT2D eigenvalue weighted by molar-refractivity contribution is 0.199. The van der Waals surface area contributed by atoms with E-state index in [1.807, 2.05) is 19.9 Å². The van der Waals surface area contributed by atoms with E-state index in [1.165, 1.54) is 5.56 Å². The van der Waals surface area contributed by atoms with E-state index in [4.69, 9.17) is 0 Å². The van der Waals surface area contributed by atoms with Crippen LogP contribution in [0, 0.1) is 0 Å². The highest BCUT2D eigenvalue weighted by Gasteiger charge is 2.12. The summed E-state index contributed by atoms with van der Waals surface area (Å²) in [6.07, 6.45) is 1.97. The number of nitrogens with zero attached hydrogens (tertiary/aromatic N) is 1. The normalized spacial score (nSPS) is 11.9. The molecule has 0 aromatic heterocycles. The second-order valence-electron chi connectivity index (χ2n) is 4.55. The van der Waals surface area contributed by atoms with Gasteiger partial charge < -0.3 is 10.2 Å². The number of hydrogen-bond acceptors (Lipinski definition) is 1. The molecular weight excluding hydrogens is 224 g/mol. The molecule has 3 nitrogen and oxygen atoms in total. The Hall–Kier alpha value is -1.51. The average Bonchev–Trinajstić information content (AvgIpc) is 2.39. The van der Waals surface area contributed by atoms with Crippen LogP contribution in [0.4, 0.5) is 4.79 Å². The molecule has 0 heterocycles. The van der Waals surface area contributed by atoms with Crippen LogP contribution >= 0.6 is 0 Å². The first-order valence-electron chi connectivity index (χ1n) is 6.76. The molecule has 0 aliphatic rings. The molecule has 18 heavy (non-hydrogen) atoms. The Bertz CT molecular complexity index is 347. The Morgan fingerprint density at radius 2 is 1.83 bits per heavy atom. The Morgan fingerprint density at radius 1 is 1.22 bits per heavy atom. The molecule has 1 atom stereocenters. The Labute approximate surface area is 110 Å². The molecule has 3 heteroatoms. The van der Waals surface area contributed by atoms with E-state index < -0.39 is 0 Å². The van der Waals surface area contributed by atoms with Crippen LogP contribution in [-0.2, 0) is 6.42 Å². The summed E-state index contributed by atoms with van der Waals surface area (Å²) in [4.78, 5) is 13.6. The van der Waals surface area contributed by atoms with Gasteiger partial charge in [0.05, 0.1) is 0 Å². The van der Waals surface area contributed by atoms with Gasteiger partial charge >= 0.3 is 6.03 Å². The fourth-order valence-electron chi connectivity index (χ4n) is 1.91. The van der Waals surface area contributed by atoms with Gasteiger partial charge in [-0.15, -0.1) is 0 Å². The lowest BCUT2D eigenvalue weighted by Crippen LogP contribution is -2.43. The van der Waals surface area contributed by atoms with Crippen molar-refractivity contribution in [1.29, 1.82) is 0 Å². The van der Waals surface area contributed by atoms with Gasteiger partial charge in [-0.05, 0) is 39.2 Å². The highest BCUT2D eigenvalue weighted by atomic mass is 16.2. The molecule has 1 N–H and O–H groups in total. The van der Waals surface area contributed by atoms with Gasteiger partial charge in [0.1, 0.15) is 0 Å². The number of hydrogen-bond donors (Lipinski definition) is 1. The lowest BCUT2D eigenvalue weighted by atomic mass is 10.1. The maximum absolute atomic E-state index is 11.8. The Morgan fingerprint density at radius 3 is 2.39 bits per heavy atom. The van der Waals surface area contributed by atoms with Crippen LogP contribution < -0.4 is 5.32 Å². The second kappa shape index (κ2) is 7.75. The van der Waals surface area contributed by atoms with E-state index in [0.717, 1.165) is 25.9 Å². The average molecular weight is 248 g/mol. The number of urea groups is 1. The third-order valence-corrected chi connectivity index (χ3v) is 3.13. The first-order valence-corrected chi connectivity index (χ1v) is 6.76. The highest BCUT2D eigenvalue weighted by Crippen LogP contribution is 2.05. The van der Waals surface area contributed by atoms with Gasteiger partial charge in [0.2, 0.25) is 0 Å². The number of rotatable bonds is 6. The summed E-state index contributed by atoms with van der Waals surface area (Å²) in [5, 5.41) is 3.04. The standard InChI is InChI=1S/C15H24N2O/c1-4-17(5-2)15(18)16-13(3)11-12-14-9-7-6-8-10-14/h6-10,13H,4-5,11-12H2,1-3H3,(H,16,18). The molecule has 1 aromatic carbocycles. The number of aryl methyl sites for hydroxylation is 1. The van der Waals surface area contributed by atoms with E-state index >= 15 is 0 Å². The second-order valence-corrected chi connectivity index (χ2v) is 4.55. The third-order valence-electron chi connectivity index (χ3n) is 3.13. The molecule has 0 bridgehead atoms. The minimum atomic E-state index is 0.0422. The van der Waals surface area contributed by atoms with Crippen LogP contribution in [-0.4, -0.2) is 30.1 Å². The summed E-state index contributed by atoms with van der Waals surface area (Å²) in [5.74, 6) is 0. The van der Waals surface area contributed by atoms with Crippen molar-refractivity contribution < 1.29 is 4.79 Å². The topological polar surface area (TPSA) is 32.3 Å². The zero-order valence-electron chi connectivity index (χ0n) is 11.6. The molecule has 1 rings (SSSR count). The van der Waals surface area contributed by atoms with E-state index in [9.17, 15) is 4.79 Å². The van der Waals surface area contributed by atoms with Crippen molar-refractivity contribution in [2.24, 2.45) is 0 Å². The molecule has 0 aliphatic heterocycles. The predicted molar refractivity (Wildman–Crippen MR) is 75.7 cm³/mol. The smallest absolute Gasteiger partial charge is 0.317 e. The molecule has 0 saturated carbocycles. The zero-order valence-corrected chi connectivity index (χ0v) is 11.6. The molecule has 0 saturated heterocycles. The summed E-state index contributed by atoms with van der Waals surface area (Å²) in [7, 11) is 0. The molecule has 0 spiro atoms. The largest absolute Gasteiger partial charge is 0.336 e. The molecule has 100 valence electrons. The van der Waals surface area contributed by atoms with Crippen molar-refractivity contribution in [3.63, 3.8) is 0 Å². The van der Waals surface area contributed by atoms with Crippen LogP contribution in [0.1, 0.15) is 32.8 Å². The maximum Gasteiger partial charge on any atom is 0.317 e. The fraction of sp³-hybridized carbons (Fsp3) is 0.533. The molecule has 2 amide bonds. The predicted octanol–water partition coefficient (Wildman–Crippen LogP) is 3.06. The summed E-state index contributed by atoms with van der Waals surface area (Å²) in [5.41, 5.74) is 1.32. The highest BCUT2D eigenvalue weighted by molar-refractivity contribution is 5.74. The van der Waals surface area contributed by atoms with E-state index in [0.29, 0.717) is 0 Å². The van der Waals surface area contributed by atoms with Gasteiger partial charge in [-0.25, -0.2) is 4.79 Å². The quantitative estimate of drug-likeness (QED) is 0.824. The number of nitrogens with one attached hydrogen (secondary N) is 1. The minimum Gasteiger partial charge on any atom is -0.336 e. The zero-order chi connectivity index (χ0) is 13.4. The number of carbonyl (C=O) groups excluding carboxylic acids is 1. The van der Waals surface area contributed by atoms with E-state index in [1.54, 1.807) is 4.90 Å². The third kappa shape index (κ3) is 4.78. The molecular formula is C15H24N2O. The molecule has 1 unspecified atom stereocenters. The van der Waals surface area contributed by atoms with Crippen molar-refractivity contribution in [3.8, 4) is 0 Å². The fourth-order valence-corrected chi connectivity index (χ4v) is 1.91. The van der Waals surface area contributed by atoms with Gasteiger partial charge in [0, 0.05) is 19.1 Å². The van der Waals surface area contributed by atoms with Crippen molar-refractivity contribution in [3.05, 3.63) is 35.9 Å². The van der Waals surface area contributed by atoms with Crippen molar-refractivity contribution in [2.75, 3.05) is 13.1 Å². The van der Waals surface area contributed by atoms with Gasteiger partial charge in [0.15, 0.2) is 0 Å². The first-order chi connectivity index (χ1) is 8.67. The van der Waals surface area contributed by atoms with Gasteiger partial charge in [-0.3, -0.25) is 0 Å². The lowest BCUT2D eigenvalue weighted by Gasteiger charge is -2.22. The monoisotopic (exact) mass is 248 g/mol. The Balaban J connectivity index is 2.33. The van der Waals surface area contributed by atoms with Crippen molar-refractivity contribution in [2.45, 2.75) is 39.7 Å². The van der Waals surface area contributed by atoms with Crippen LogP contribution in [0.25, 0.3) is 0 Å². The summed E-state index contributed by atoms with van der Waals surface area (Å²) in [6.45, 7) is 7.57.